The maximum Gasteiger partial charge on any atom is 0.240 e. The zero-order valence-electron chi connectivity index (χ0n) is 4.53. The van der Waals surface area contributed by atoms with Gasteiger partial charge >= 0.3 is 0 Å². The Morgan fingerprint density at radius 2 is 2.00 bits per heavy atom. The molecule has 0 heterocycles. The number of hydrogen-bond donors (Lipinski definition) is 1. The Hall–Kier alpha value is -0.180. The van der Waals surface area contributed by atoms with Crippen molar-refractivity contribution in [1.29, 1.82) is 0 Å². The van der Waals surface area contributed by atoms with E-state index in [1.807, 2.05) is 0 Å². The smallest absolute Gasteiger partial charge is 0.240 e. The molecule has 0 radical (unpaired) electrons. The summed E-state index contributed by atoms with van der Waals surface area (Å²) in [7, 11) is 0. The van der Waals surface area contributed by atoms with Crippen molar-refractivity contribution < 1.29 is 8.78 Å². The Bertz CT molecular complexity index is 88.4. The minimum atomic E-state index is -2.22. The van der Waals surface area contributed by atoms with Gasteiger partial charge in [-0.15, -0.1) is 0 Å². The van der Waals surface area contributed by atoms with Gasteiger partial charge in [-0.25, -0.2) is 8.78 Å². The van der Waals surface area contributed by atoms with Crippen molar-refractivity contribution in [1.82, 2.24) is 0 Å². The van der Waals surface area contributed by atoms with E-state index in [2.05, 4.69) is 0 Å². The molecule has 0 aromatic carbocycles. The first-order chi connectivity index (χ1) is 3.62. The number of halogens is 2. The fourth-order valence-electron chi connectivity index (χ4n) is 0.672. The van der Waals surface area contributed by atoms with Crippen LogP contribution >= 0.6 is 0 Å². The van der Waals surface area contributed by atoms with Gasteiger partial charge in [0.15, 0.2) is 0 Å². The van der Waals surface area contributed by atoms with E-state index in [4.69, 9.17) is 5.73 Å². The molecule has 0 spiro atoms. The van der Waals surface area contributed by atoms with E-state index >= 15 is 0 Å². The second-order valence-electron chi connectivity index (χ2n) is 2.46. The molecule has 1 fully saturated rings. The van der Waals surface area contributed by atoms with Gasteiger partial charge in [0.25, 0.3) is 0 Å². The third-order valence-electron chi connectivity index (χ3n) is 1.45. The van der Waals surface area contributed by atoms with E-state index in [0.717, 1.165) is 12.8 Å². The third kappa shape index (κ3) is 1.40. The monoisotopic (exact) mass is 121 g/mol. The van der Waals surface area contributed by atoms with Gasteiger partial charge in [-0.2, -0.15) is 0 Å². The standard InChI is InChI=1S/C5H9F2N/c6-4(7)3-5(8)1-2-5/h4H,1-3,8H2. The molecule has 0 unspecified atom stereocenters. The number of alkyl halides is 2. The van der Waals surface area contributed by atoms with Crippen LogP contribution in [-0.4, -0.2) is 12.0 Å². The quantitative estimate of drug-likeness (QED) is 0.582. The summed E-state index contributed by atoms with van der Waals surface area (Å²) in [4.78, 5) is 0. The van der Waals surface area contributed by atoms with Gasteiger partial charge in [0.1, 0.15) is 0 Å². The van der Waals surface area contributed by atoms with Crippen molar-refractivity contribution in [2.45, 2.75) is 31.2 Å². The minimum Gasteiger partial charge on any atom is -0.325 e. The van der Waals surface area contributed by atoms with E-state index in [9.17, 15) is 8.78 Å². The van der Waals surface area contributed by atoms with Crippen LogP contribution in [0.3, 0.4) is 0 Å². The van der Waals surface area contributed by atoms with Crippen LogP contribution in [0.25, 0.3) is 0 Å². The highest BCUT2D eigenvalue weighted by Gasteiger charge is 2.40. The predicted octanol–water partition coefficient (Wildman–Crippen LogP) is 1.13. The van der Waals surface area contributed by atoms with Crippen LogP contribution in [0.5, 0.6) is 0 Å². The first kappa shape index (κ1) is 5.95. The fourth-order valence-corrected chi connectivity index (χ4v) is 0.672. The van der Waals surface area contributed by atoms with E-state index < -0.39 is 12.0 Å². The normalized spacial score (nSPS) is 24.0. The fraction of sp³-hybridized carbons (Fsp3) is 1.00. The molecular formula is C5H9F2N. The van der Waals surface area contributed by atoms with Gasteiger partial charge in [0.05, 0.1) is 0 Å². The Kier molecular flexibility index (Phi) is 1.23. The zero-order chi connectivity index (χ0) is 6.20. The second-order valence-corrected chi connectivity index (χ2v) is 2.46. The summed E-state index contributed by atoms with van der Waals surface area (Å²) in [6.07, 6.45) is -0.788. The Morgan fingerprint density at radius 3 is 2.12 bits per heavy atom. The summed E-state index contributed by atoms with van der Waals surface area (Å²) in [5, 5.41) is 0. The van der Waals surface area contributed by atoms with Crippen LogP contribution in [0, 0.1) is 0 Å². The molecule has 0 atom stereocenters. The van der Waals surface area contributed by atoms with Gasteiger partial charge in [0, 0.05) is 12.0 Å². The van der Waals surface area contributed by atoms with Gasteiger partial charge in [-0.3, -0.25) is 0 Å². The lowest BCUT2D eigenvalue weighted by Crippen LogP contribution is -2.24. The predicted molar refractivity (Wildman–Crippen MR) is 26.8 cm³/mol. The molecule has 0 bridgehead atoms. The first-order valence-corrected chi connectivity index (χ1v) is 2.69. The van der Waals surface area contributed by atoms with E-state index in [1.54, 1.807) is 0 Å². The molecule has 2 N–H and O–H groups in total. The molecule has 1 rings (SSSR count). The molecule has 1 aliphatic carbocycles. The van der Waals surface area contributed by atoms with Gasteiger partial charge in [-0.05, 0) is 12.8 Å². The van der Waals surface area contributed by atoms with Crippen LogP contribution in [0.4, 0.5) is 8.78 Å². The highest BCUT2D eigenvalue weighted by atomic mass is 19.3. The van der Waals surface area contributed by atoms with Gasteiger partial charge in [-0.1, -0.05) is 0 Å². The van der Waals surface area contributed by atoms with E-state index in [-0.39, 0.29) is 6.42 Å². The Balaban J connectivity index is 2.19. The third-order valence-corrected chi connectivity index (χ3v) is 1.45. The molecule has 0 saturated heterocycles. The molecular weight excluding hydrogens is 112 g/mol. The van der Waals surface area contributed by atoms with E-state index in [0.29, 0.717) is 0 Å². The molecule has 0 amide bonds. The van der Waals surface area contributed by atoms with Crippen LogP contribution < -0.4 is 5.73 Å². The van der Waals surface area contributed by atoms with Crippen LogP contribution in [0.15, 0.2) is 0 Å². The highest BCUT2D eigenvalue weighted by Crippen LogP contribution is 2.37. The summed E-state index contributed by atoms with van der Waals surface area (Å²) < 4.78 is 23.0. The van der Waals surface area contributed by atoms with Crippen molar-refractivity contribution >= 4 is 0 Å². The summed E-state index contributed by atoms with van der Waals surface area (Å²) in [5.74, 6) is 0. The van der Waals surface area contributed by atoms with Crippen LogP contribution in [0.1, 0.15) is 19.3 Å². The number of nitrogens with two attached hydrogens (primary N) is 1. The van der Waals surface area contributed by atoms with Crippen molar-refractivity contribution in [2.24, 2.45) is 5.73 Å². The summed E-state index contributed by atoms with van der Waals surface area (Å²) in [6, 6.07) is 0. The molecule has 1 saturated carbocycles. The lowest BCUT2D eigenvalue weighted by atomic mass is 10.2. The molecule has 1 nitrogen and oxygen atoms in total. The Labute approximate surface area is 46.9 Å². The highest BCUT2D eigenvalue weighted by molar-refractivity contribution is 4.98. The molecule has 0 aliphatic heterocycles. The molecule has 3 heteroatoms. The summed E-state index contributed by atoms with van der Waals surface area (Å²) in [5.41, 5.74) is 4.89. The minimum absolute atomic E-state index is 0.118. The van der Waals surface area contributed by atoms with Crippen LogP contribution in [-0.2, 0) is 0 Å². The average Bonchev–Trinajstić information content (AvgIpc) is 2.17. The average molecular weight is 121 g/mol. The lowest BCUT2D eigenvalue weighted by Gasteiger charge is -2.04. The maximum atomic E-state index is 11.5. The van der Waals surface area contributed by atoms with Crippen molar-refractivity contribution in [2.75, 3.05) is 0 Å². The van der Waals surface area contributed by atoms with Crippen molar-refractivity contribution in [3.63, 3.8) is 0 Å². The number of rotatable bonds is 2. The number of hydrogen-bond acceptors (Lipinski definition) is 1. The zero-order valence-corrected chi connectivity index (χ0v) is 4.53. The maximum absolute atomic E-state index is 11.5. The Morgan fingerprint density at radius 1 is 1.50 bits per heavy atom. The van der Waals surface area contributed by atoms with E-state index in [1.165, 1.54) is 0 Å². The second kappa shape index (κ2) is 1.65. The molecule has 0 aromatic heterocycles. The van der Waals surface area contributed by atoms with Gasteiger partial charge < -0.3 is 5.73 Å². The summed E-state index contributed by atoms with van der Waals surface area (Å²) in [6.45, 7) is 0. The molecule has 1 aliphatic rings. The van der Waals surface area contributed by atoms with Crippen molar-refractivity contribution in [3.05, 3.63) is 0 Å². The SMILES string of the molecule is NC1(CC(F)F)CC1. The molecule has 48 valence electrons. The molecule has 0 aromatic rings. The topological polar surface area (TPSA) is 26.0 Å². The summed E-state index contributed by atoms with van der Waals surface area (Å²) >= 11 is 0. The van der Waals surface area contributed by atoms with Gasteiger partial charge in [0.2, 0.25) is 6.43 Å². The molecule has 8 heavy (non-hydrogen) atoms. The largest absolute Gasteiger partial charge is 0.325 e. The van der Waals surface area contributed by atoms with Crippen molar-refractivity contribution in [3.8, 4) is 0 Å². The first-order valence-electron chi connectivity index (χ1n) is 2.69. The lowest BCUT2D eigenvalue weighted by molar-refractivity contribution is 0.125. The van der Waals surface area contributed by atoms with Crippen LogP contribution in [0.2, 0.25) is 0 Å².